The molecule has 0 aliphatic heterocycles. The van der Waals surface area contributed by atoms with Crippen molar-refractivity contribution in [1.29, 1.82) is 0 Å². The van der Waals surface area contributed by atoms with Gasteiger partial charge in [-0.05, 0) is 51.2 Å². The van der Waals surface area contributed by atoms with Gasteiger partial charge in [0.25, 0.3) is 0 Å². The van der Waals surface area contributed by atoms with E-state index in [0.717, 1.165) is 42.2 Å². The van der Waals surface area contributed by atoms with Crippen LogP contribution in [0.2, 0.25) is 0 Å². The maximum Gasteiger partial charge on any atom is 0.180 e. The lowest BCUT2D eigenvalue weighted by Crippen LogP contribution is -2.23. The van der Waals surface area contributed by atoms with E-state index in [9.17, 15) is 0 Å². The van der Waals surface area contributed by atoms with Crippen molar-refractivity contribution in [3.8, 4) is 0 Å². The Morgan fingerprint density at radius 3 is 1.52 bits per heavy atom. The molecule has 0 aliphatic carbocycles. The van der Waals surface area contributed by atoms with Gasteiger partial charge in [0.2, 0.25) is 0 Å². The summed E-state index contributed by atoms with van der Waals surface area (Å²) < 4.78 is 17.2. The zero-order valence-electron chi connectivity index (χ0n) is 16.7. The van der Waals surface area contributed by atoms with Crippen LogP contribution in [0.4, 0.5) is 0 Å². The number of hydrogen-bond donors (Lipinski definition) is 0. The minimum atomic E-state index is -3.04. The van der Waals surface area contributed by atoms with Crippen molar-refractivity contribution in [2.24, 2.45) is 0 Å². The summed E-state index contributed by atoms with van der Waals surface area (Å²) in [7, 11) is -3.04. The summed E-state index contributed by atoms with van der Waals surface area (Å²) in [6, 6.07) is 39.4. The first-order valence-corrected chi connectivity index (χ1v) is 12.8. The molecule has 5 aromatic carbocycles. The van der Waals surface area contributed by atoms with Crippen molar-refractivity contribution < 1.29 is 4.57 Å². The number of hydrogen-bond acceptors (Lipinski definition) is 2. The average Bonchev–Trinajstić information content (AvgIpc) is 3.28. The van der Waals surface area contributed by atoms with E-state index < -0.39 is 7.14 Å². The van der Waals surface area contributed by atoms with Crippen molar-refractivity contribution in [3.63, 3.8) is 0 Å². The molecule has 0 fully saturated rings. The van der Waals surface area contributed by atoms with Crippen LogP contribution in [0.15, 0.2) is 115 Å². The van der Waals surface area contributed by atoms with Crippen molar-refractivity contribution in [1.82, 2.24) is 0 Å². The number of fused-ring (bicyclic) bond motifs is 3. The Morgan fingerprint density at radius 2 is 0.968 bits per heavy atom. The largest absolute Gasteiger partial charge is 0.308 e. The predicted octanol–water partition coefficient (Wildman–Crippen LogP) is 6.85. The number of benzene rings is 5. The van der Waals surface area contributed by atoms with Crippen LogP contribution in [-0.2, 0) is 4.57 Å². The molecule has 1 heterocycles. The van der Waals surface area contributed by atoms with E-state index in [2.05, 4.69) is 66.7 Å². The first-order chi connectivity index (χ1) is 15.2. The SMILES string of the molecule is O=P(c1ccc2ccccc2c1)(c1ccc2ccccc2c1)c1cc2ccccc2s1. The minimum absolute atomic E-state index is 0.882. The second-order valence-electron chi connectivity index (χ2n) is 7.79. The summed E-state index contributed by atoms with van der Waals surface area (Å²) in [5.74, 6) is 0. The second-order valence-corrected chi connectivity index (χ2v) is 11.9. The highest BCUT2D eigenvalue weighted by molar-refractivity contribution is 7.89. The highest BCUT2D eigenvalue weighted by atomic mass is 32.1. The van der Waals surface area contributed by atoms with Gasteiger partial charge in [-0.3, -0.25) is 0 Å². The smallest absolute Gasteiger partial charge is 0.180 e. The molecule has 0 radical (unpaired) electrons. The van der Waals surface area contributed by atoms with E-state index in [4.69, 9.17) is 0 Å². The van der Waals surface area contributed by atoms with E-state index in [1.54, 1.807) is 11.3 Å². The van der Waals surface area contributed by atoms with Crippen LogP contribution in [0.1, 0.15) is 0 Å². The Balaban J connectivity index is 1.66. The van der Waals surface area contributed by atoms with Gasteiger partial charge in [0.05, 0.1) is 4.62 Å². The van der Waals surface area contributed by atoms with Crippen molar-refractivity contribution in [3.05, 3.63) is 115 Å². The molecule has 0 amide bonds. The summed E-state index contributed by atoms with van der Waals surface area (Å²) in [5.41, 5.74) is 0. The molecule has 0 aliphatic rings. The lowest BCUT2D eigenvalue weighted by molar-refractivity contribution is 0.593. The van der Waals surface area contributed by atoms with Gasteiger partial charge >= 0.3 is 0 Å². The molecule has 0 saturated carbocycles. The van der Waals surface area contributed by atoms with Crippen LogP contribution < -0.4 is 15.2 Å². The molecule has 31 heavy (non-hydrogen) atoms. The number of thiophene rings is 1. The van der Waals surface area contributed by atoms with Crippen molar-refractivity contribution in [2.45, 2.75) is 0 Å². The van der Waals surface area contributed by atoms with Gasteiger partial charge in [-0.2, -0.15) is 0 Å². The molecular weight excluding hydrogens is 415 g/mol. The minimum Gasteiger partial charge on any atom is -0.308 e. The fourth-order valence-corrected chi connectivity index (χ4v) is 8.85. The maximum absolute atomic E-state index is 15.1. The fourth-order valence-electron chi connectivity index (χ4n) is 4.27. The normalized spacial score (nSPS) is 12.0. The quantitative estimate of drug-likeness (QED) is 0.279. The van der Waals surface area contributed by atoms with Crippen LogP contribution in [-0.4, -0.2) is 0 Å². The molecule has 1 aromatic heterocycles. The molecule has 0 N–H and O–H groups in total. The Bertz CT molecular complexity index is 1510. The van der Waals surface area contributed by atoms with Gasteiger partial charge in [0.15, 0.2) is 7.14 Å². The van der Waals surface area contributed by atoms with Crippen LogP contribution in [0.5, 0.6) is 0 Å². The van der Waals surface area contributed by atoms with Crippen LogP contribution in [0, 0.1) is 0 Å². The summed E-state index contributed by atoms with van der Waals surface area (Å²) in [4.78, 5) is 0. The topological polar surface area (TPSA) is 17.1 Å². The molecule has 6 aromatic rings. The van der Waals surface area contributed by atoms with Gasteiger partial charge in [0, 0.05) is 15.3 Å². The molecular formula is C28H19OPS. The highest BCUT2D eigenvalue weighted by Crippen LogP contribution is 2.46. The molecule has 3 heteroatoms. The van der Waals surface area contributed by atoms with Gasteiger partial charge < -0.3 is 4.57 Å². The molecule has 0 saturated heterocycles. The lowest BCUT2D eigenvalue weighted by Gasteiger charge is -2.19. The molecule has 0 atom stereocenters. The molecule has 0 bridgehead atoms. The Kier molecular flexibility index (Phi) is 4.31. The van der Waals surface area contributed by atoms with Crippen molar-refractivity contribution >= 4 is 65.3 Å². The predicted molar refractivity (Wildman–Crippen MR) is 136 cm³/mol. The maximum atomic E-state index is 15.1. The van der Waals surface area contributed by atoms with Crippen LogP contribution in [0.25, 0.3) is 31.6 Å². The summed E-state index contributed by atoms with van der Waals surface area (Å²) in [5, 5.41) is 7.45. The van der Waals surface area contributed by atoms with Gasteiger partial charge in [-0.25, -0.2) is 0 Å². The highest BCUT2D eigenvalue weighted by Gasteiger charge is 2.32. The van der Waals surface area contributed by atoms with Crippen LogP contribution in [0.3, 0.4) is 0 Å². The Morgan fingerprint density at radius 1 is 0.484 bits per heavy atom. The second kappa shape index (κ2) is 7.20. The average molecular weight is 435 g/mol. The fraction of sp³-hybridized carbons (Fsp3) is 0. The summed E-state index contributed by atoms with van der Waals surface area (Å²) in [6.45, 7) is 0. The van der Waals surface area contributed by atoms with E-state index in [1.807, 2.05) is 48.5 Å². The van der Waals surface area contributed by atoms with Crippen molar-refractivity contribution in [2.75, 3.05) is 0 Å². The van der Waals surface area contributed by atoms with E-state index in [-0.39, 0.29) is 0 Å². The third kappa shape index (κ3) is 3.03. The summed E-state index contributed by atoms with van der Waals surface area (Å²) in [6.07, 6.45) is 0. The van der Waals surface area contributed by atoms with E-state index in [1.165, 1.54) is 4.70 Å². The van der Waals surface area contributed by atoms with Gasteiger partial charge in [-0.15, -0.1) is 11.3 Å². The molecule has 1 nitrogen and oxygen atoms in total. The Labute approximate surface area is 185 Å². The monoisotopic (exact) mass is 434 g/mol. The van der Waals surface area contributed by atoms with E-state index in [0.29, 0.717) is 0 Å². The number of rotatable bonds is 3. The zero-order chi connectivity index (χ0) is 20.8. The van der Waals surface area contributed by atoms with Gasteiger partial charge in [0.1, 0.15) is 0 Å². The first kappa shape index (κ1) is 18.6. The molecule has 148 valence electrons. The third-order valence-electron chi connectivity index (χ3n) is 5.92. The zero-order valence-corrected chi connectivity index (χ0v) is 18.4. The molecule has 6 rings (SSSR count). The lowest BCUT2D eigenvalue weighted by atomic mass is 10.1. The first-order valence-electron chi connectivity index (χ1n) is 10.3. The van der Waals surface area contributed by atoms with Gasteiger partial charge in [-0.1, -0.05) is 91.0 Å². The Hall–Kier alpha value is -3.19. The van der Waals surface area contributed by atoms with E-state index >= 15 is 4.57 Å². The summed E-state index contributed by atoms with van der Waals surface area (Å²) >= 11 is 1.64. The van der Waals surface area contributed by atoms with Crippen LogP contribution >= 0.6 is 18.5 Å². The molecule has 0 unspecified atom stereocenters. The molecule has 0 spiro atoms. The standard InChI is InChI=1S/C28H19OPS/c29-30(28-19-24-11-5-6-12-27(24)31-28,25-15-13-20-7-1-3-9-22(20)17-25)26-16-14-21-8-2-4-10-23(21)18-26/h1-19H. The third-order valence-corrected chi connectivity index (χ3v) is 10.6.